The molecular weight excluding hydrogens is 164 g/mol. The summed E-state index contributed by atoms with van der Waals surface area (Å²) in [5.74, 6) is 0. The Morgan fingerprint density at radius 2 is 1.80 bits per heavy atom. The zero-order valence-corrected chi connectivity index (χ0v) is 3.08. The van der Waals surface area contributed by atoms with Gasteiger partial charge in [-0.25, -0.2) is 4.21 Å². The summed E-state index contributed by atoms with van der Waals surface area (Å²) in [4.78, 5) is 0. The average molecular weight is 170 g/mol. The van der Waals surface area contributed by atoms with E-state index in [0.29, 0.717) is 0 Å². The molecule has 1 atom stereocenters. The van der Waals surface area contributed by atoms with E-state index < -0.39 is 11.1 Å². The van der Waals surface area contributed by atoms with Crippen molar-refractivity contribution in [3.8, 4) is 0 Å². The van der Waals surface area contributed by atoms with Crippen LogP contribution in [0.4, 0.5) is 0 Å². The fourth-order valence-corrected chi connectivity index (χ4v) is 0. The van der Waals surface area contributed by atoms with Crippen LogP contribution in [-0.4, -0.2) is 60.5 Å². The van der Waals surface area contributed by atoms with Crippen molar-refractivity contribution in [2.24, 2.45) is 0 Å². The summed E-state index contributed by atoms with van der Waals surface area (Å²) in [5.41, 5.74) is 0. The van der Waals surface area contributed by atoms with Gasteiger partial charge in [0.25, 0.3) is 0 Å². The van der Waals surface area contributed by atoms with Crippen LogP contribution < -0.4 is 0 Å². The number of hydrogen-bond acceptors (Lipinski definition) is 1. The molecule has 0 aliphatic heterocycles. The Bertz CT molecular complexity index is 32.6. The Morgan fingerprint density at radius 1 is 1.80 bits per heavy atom. The molecule has 0 aromatic carbocycles. The molecule has 0 saturated carbocycles. The average Bonchev–Trinajstić information content (AvgIpc) is 0.811. The van der Waals surface area contributed by atoms with Gasteiger partial charge < -0.3 is 4.55 Å². The molecule has 0 heterocycles. The molecule has 1 unspecified atom stereocenters. The van der Waals surface area contributed by atoms with Gasteiger partial charge >= 0.3 is 45.5 Å². The predicted molar refractivity (Wildman–Crippen MR) is 25.2 cm³/mol. The molecule has 0 aromatic rings. The summed E-state index contributed by atoms with van der Waals surface area (Å²) in [6.07, 6.45) is 1.19. The summed E-state index contributed by atoms with van der Waals surface area (Å²) < 4.78 is 16.6. The van der Waals surface area contributed by atoms with Gasteiger partial charge in [-0.1, -0.05) is 0 Å². The van der Waals surface area contributed by atoms with Gasteiger partial charge in [-0.2, -0.15) is 0 Å². The molecule has 0 amide bonds. The molecule has 0 fully saturated rings. The van der Waals surface area contributed by atoms with Crippen molar-refractivity contribution in [1.82, 2.24) is 0 Å². The molecule has 2 nitrogen and oxygen atoms in total. The van der Waals surface area contributed by atoms with Crippen LogP contribution in [0, 0.1) is 0 Å². The van der Waals surface area contributed by atoms with Crippen LogP contribution in [0.15, 0.2) is 0 Å². The molecule has 0 aromatic heterocycles. The number of hydrogen-bond donors (Lipinski definition) is 1. The second-order valence-electron chi connectivity index (χ2n) is 0.424. The van der Waals surface area contributed by atoms with Gasteiger partial charge in [-0.15, -0.1) is 0 Å². The normalized spacial score (nSPS) is 12.4. The van der Waals surface area contributed by atoms with Gasteiger partial charge in [0.05, 0.1) is 0 Å². The molecular formula is CH6O2SSr. The first-order valence-corrected chi connectivity index (χ1v) is 2.27. The van der Waals surface area contributed by atoms with E-state index in [0.717, 1.165) is 0 Å². The molecule has 0 aliphatic carbocycles. The minimum atomic E-state index is -1.61. The second-order valence-corrected chi connectivity index (χ2v) is 1.27. The van der Waals surface area contributed by atoms with E-state index in [1.807, 2.05) is 0 Å². The third kappa shape index (κ3) is 28.5. The van der Waals surface area contributed by atoms with Crippen LogP contribution in [0.2, 0.25) is 0 Å². The van der Waals surface area contributed by atoms with Crippen molar-refractivity contribution in [2.45, 2.75) is 0 Å². The molecule has 1 N–H and O–H groups in total. The monoisotopic (exact) mass is 170 g/mol. The van der Waals surface area contributed by atoms with E-state index in [4.69, 9.17) is 8.76 Å². The molecule has 0 radical (unpaired) electrons. The van der Waals surface area contributed by atoms with Crippen molar-refractivity contribution in [2.75, 3.05) is 6.26 Å². The van der Waals surface area contributed by atoms with Crippen molar-refractivity contribution >= 4 is 56.6 Å². The SMILES string of the molecule is CS(=O)O.[SrH2]. The van der Waals surface area contributed by atoms with Gasteiger partial charge in [-0.3, -0.25) is 0 Å². The molecule has 0 bridgehead atoms. The first-order chi connectivity index (χ1) is 1.73. The minimum absolute atomic E-state index is 0. The topological polar surface area (TPSA) is 37.3 Å². The van der Waals surface area contributed by atoms with E-state index in [1.54, 1.807) is 0 Å². The van der Waals surface area contributed by atoms with E-state index in [2.05, 4.69) is 0 Å². The van der Waals surface area contributed by atoms with Gasteiger partial charge in [-0.05, 0) is 0 Å². The van der Waals surface area contributed by atoms with Crippen molar-refractivity contribution in [1.29, 1.82) is 0 Å². The molecule has 30 valence electrons. The van der Waals surface area contributed by atoms with E-state index in [9.17, 15) is 0 Å². The molecule has 0 saturated heterocycles. The Kier molecular flexibility index (Phi) is 10.9. The fraction of sp³-hybridized carbons (Fsp3) is 1.00. The first-order valence-electron chi connectivity index (χ1n) is 0.757. The molecule has 0 rings (SSSR count). The van der Waals surface area contributed by atoms with Gasteiger partial charge in [0, 0.05) is 6.26 Å². The van der Waals surface area contributed by atoms with Gasteiger partial charge in [0.15, 0.2) is 0 Å². The predicted octanol–water partition coefficient (Wildman–Crippen LogP) is -1.08. The summed E-state index contributed by atoms with van der Waals surface area (Å²) in [6.45, 7) is 0. The van der Waals surface area contributed by atoms with Crippen molar-refractivity contribution < 1.29 is 8.76 Å². The second kappa shape index (κ2) is 5.59. The van der Waals surface area contributed by atoms with E-state index in [-0.39, 0.29) is 45.5 Å². The van der Waals surface area contributed by atoms with Crippen LogP contribution >= 0.6 is 0 Å². The zero-order valence-electron chi connectivity index (χ0n) is 2.26. The van der Waals surface area contributed by atoms with Gasteiger partial charge in [0.2, 0.25) is 0 Å². The third-order valence-electron chi connectivity index (χ3n) is 0. The summed E-state index contributed by atoms with van der Waals surface area (Å²) in [6, 6.07) is 0. The fourth-order valence-electron chi connectivity index (χ4n) is 0. The molecule has 4 heteroatoms. The summed E-state index contributed by atoms with van der Waals surface area (Å²) in [5, 5.41) is 0. The zero-order chi connectivity index (χ0) is 3.58. The Balaban J connectivity index is 0. The molecule has 5 heavy (non-hydrogen) atoms. The standard InChI is InChI=1S/CH4O2S.Sr.2H/c1-4(2)3;;;/h1H3,(H,2,3);;;. The van der Waals surface area contributed by atoms with Crippen LogP contribution in [0.5, 0.6) is 0 Å². The van der Waals surface area contributed by atoms with E-state index in [1.165, 1.54) is 6.26 Å². The van der Waals surface area contributed by atoms with E-state index >= 15 is 0 Å². The van der Waals surface area contributed by atoms with Crippen molar-refractivity contribution in [3.05, 3.63) is 0 Å². The van der Waals surface area contributed by atoms with Gasteiger partial charge in [0.1, 0.15) is 11.1 Å². The van der Waals surface area contributed by atoms with Crippen LogP contribution in [0.25, 0.3) is 0 Å². The molecule has 0 aliphatic rings. The summed E-state index contributed by atoms with van der Waals surface area (Å²) in [7, 11) is 0. The maximum atomic E-state index is 9.11. The Labute approximate surface area is 70.5 Å². The quantitative estimate of drug-likeness (QED) is 0.370. The number of rotatable bonds is 0. The van der Waals surface area contributed by atoms with Crippen LogP contribution in [0.1, 0.15) is 0 Å². The first kappa shape index (κ1) is 9.77. The third-order valence-corrected chi connectivity index (χ3v) is 0. The summed E-state index contributed by atoms with van der Waals surface area (Å²) >= 11 is -1.61. The van der Waals surface area contributed by atoms with Crippen LogP contribution in [0.3, 0.4) is 0 Å². The molecule has 0 spiro atoms. The Morgan fingerprint density at radius 3 is 1.80 bits per heavy atom. The maximum absolute atomic E-state index is 9.11. The van der Waals surface area contributed by atoms with Crippen LogP contribution in [-0.2, 0) is 11.1 Å². The van der Waals surface area contributed by atoms with Crippen molar-refractivity contribution in [3.63, 3.8) is 0 Å². The Hall–Kier alpha value is 1.59.